The van der Waals surface area contributed by atoms with Crippen molar-refractivity contribution in [2.45, 2.75) is 19.9 Å². The first-order valence-corrected chi connectivity index (χ1v) is 6.44. The zero-order chi connectivity index (χ0) is 14.1. The number of rotatable bonds is 3. The summed E-state index contributed by atoms with van der Waals surface area (Å²) in [5.41, 5.74) is 1.89. The van der Waals surface area contributed by atoms with Crippen LogP contribution in [0.15, 0.2) is 36.7 Å². The molecule has 0 aliphatic heterocycles. The van der Waals surface area contributed by atoms with Crippen LogP contribution in [0.25, 0.3) is 10.9 Å². The summed E-state index contributed by atoms with van der Waals surface area (Å²) < 4.78 is 1.79. The van der Waals surface area contributed by atoms with Gasteiger partial charge < -0.3 is 5.32 Å². The summed E-state index contributed by atoms with van der Waals surface area (Å²) in [7, 11) is 0. The minimum Gasteiger partial charge on any atom is -0.318 e. The van der Waals surface area contributed by atoms with Crippen molar-refractivity contribution >= 4 is 22.5 Å². The van der Waals surface area contributed by atoms with Crippen LogP contribution >= 0.6 is 0 Å². The first kappa shape index (κ1) is 12.4. The highest BCUT2D eigenvalue weighted by Crippen LogP contribution is 2.17. The van der Waals surface area contributed by atoms with Crippen LogP contribution in [-0.2, 0) is 0 Å². The molecule has 3 rings (SSSR count). The third-order valence-corrected chi connectivity index (χ3v) is 3.07. The van der Waals surface area contributed by atoms with Crippen LogP contribution in [0.5, 0.6) is 0 Å². The fraction of sp³-hybridized carbons (Fsp3) is 0.214. The Bertz CT molecular complexity index is 756. The normalized spacial score (nSPS) is 11.2. The standard InChI is InChI=1S/C14H15N5O/c1-9(2)19-8-10(7-15-19)16-14(20)13-11-5-3-4-6-12(11)17-18-13/h3-9H,1-2H3,(H,16,20)(H,17,18). The molecule has 0 aliphatic carbocycles. The minimum absolute atomic E-state index is 0.245. The maximum Gasteiger partial charge on any atom is 0.276 e. The van der Waals surface area contributed by atoms with E-state index in [9.17, 15) is 4.79 Å². The number of fused-ring (bicyclic) bond motifs is 1. The lowest BCUT2D eigenvalue weighted by molar-refractivity contribution is 0.102. The Hall–Kier alpha value is -2.63. The minimum atomic E-state index is -0.245. The largest absolute Gasteiger partial charge is 0.318 e. The highest BCUT2D eigenvalue weighted by molar-refractivity contribution is 6.10. The topological polar surface area (TPSA) is 75.6 Å². The summed E-state index contributed by atoms with van der Waals surface area (Å²) in [5, 5.41) is 14.7. The van der Waals surface area contributed by atoms with Gasteiger partial charge in [-0.3, -0.25) is 14.6 Å². The average Bonchev–Trinajstić information content (AvgIpc) is 3.04. The number of aromatic nitrogens is 4. The molecule has 0 atom stereocenters. The van der Waals surface area contributed by atoms with E-state index < -0.39 is 0 Å². The molecule has 0 bridgehead atoms. The molecule has 6 nitrogen and oxygen atoms in total. The second kappa shape index (κ2) is 4.80. The van der Waals surface area contributed by atoms with Gasteiger partial charge >= 0.3 is 0 Å². The van der Waals surface area contributed by atoms with Gasteiger partial charge in [-0.1, -0.05) is 18.2 Å². The zero-order valence-electron chi connectivity index (χ0n) is 11.3. The molecule has 0 fully saturated rings. The quantitative estimate of drug-likeness (QED) is 0.767. The number of nitrogens with one attached hydrogen (secondary N) is 2. The molecule has 0 unspecified atom stereocenters. The Kier molecular flexibility index (Phi) is 2.98. The molecule has 0 saturated carbocycles. The van der Waals surface area contributed by atoms with Gasteiger partial charge in [-0.05, 0) is 19.9 Å². The van der Waals surface area contributed by atoms with Gasteiger partial charge in [0.15, 0.2) is 5.69 Å². The van der Waals surface area contributed by atoms with E-state index >= 15 is 0 Å². The highest BCUT2D eigenvalue weighted by Gasteiger charge is 2.14. The molecule has 2 N–H and O–H groups in total. The van der Waals surface area contributed by atoms with E-state index in [2.05, 4.69) is 20.6 Å². The summed E-state index contributed by atoms with van der Waals surface area (Å²) in [5.74, 6) is -0.245. The fourth-order valence-electron chi connectivity index (χ4n) is 2.01. The van der Waals surface area contributed by atoms with Crippen LogP contribution in [0.2, 0.25) is 0 Å². The first-order chi connectivity index (χ1) is 9.65. The number of para-hydroxylation sites is 1. The molecule has 0 radical (unpaired) electrons. The number of amides is 1. The van der Waals surface area contributed by atoms with E-state index in [1.54, 1.807) is 17.1 Å². The van der Waals surface area contributed by atoms with Gasteiger partial charge in [0, 0.05) is 17.6 Å². The molecule has 2 aromatic heterocycles. The van der Waals surface area contributed by atoms with Crippen LogP contribution in [-0.4, -0.2) is 25.9 Å². The predicted molar refractivity (Wildman–Crippen MR) is 76.7 cm³/mol. The van der Waals surface area contributed by atoms with Crippen molar-refractivity contribution in [3.05, 3.63) is 42.4 Å². The van der Waals surface area contributed by atoms with Gasteiger partial charge in [0.05, 0.1) is 17.4 Å². The van der Waals surface area contributed by atoms with Gasteiger partial charge in [0.2, 0.25) is 0 Å². The molecule has 0 saturated heterocycles. The predicted octanol–water partition coefficient (Wildman–Crippen LogP) is 2.59. The zero-order valence-corrected chi connectivity index (χ0v) is 11.3. The summed E-state index contributed by atoms with van der Waals surface area (Å²) in [6.45, 7) is 4.06. The van der Waals surface area contributed by atoms with Crippen molar-refractivity contribution in [2.24, 2.45) is 0 Å². The number of anilines is 1. The van der Waals surface area contributed by atoms with Crippen LogP contribution in [0.1, 0.15) is 30.4 Å². The second-order valence-electron chi connectivity index (χ2n) is 4.87. The molecule has 1 amide bonds. The number of nitrogens with zero attached hydrogens (tertiary/aromatic N) is 3. The molecule has 102 valence electrons. The Labute approximate surface area is 115 Å². The average molecular weight is 269 g/mol. The summed E-state index contributed by atoms with van der Waals surface area (Å²) in [6, 6.07) is 7.79. The van der Waals surface area contributed by atoms with Gasteiger partial charge in [0.25, 0.3) is 5.91 Å². The van der Waals surface area contributed by atoms with Crippen LogP contribution < -0.4 is 5.32 Å². The Morgan fingerprint density at radius 2 is 2.15 bits per heavy atom. The number of H-pyrrole nitrogens is 1. The molecule has 0 spiro atoms. The lowest BCUT2D eigenvalue weighted by Gasteiger charge is -2.03. The van der Waals surface area contributed by atoms with Crippen LogP contribution in [0.3, 0.4) is 0 Å². The van der Waals surface area contributed by atoms with E-state index in [0.717, 1.165) is 10.9 Å². The SMILES string of the molecule is CC(C)n1cc(NC(=O)c2n[nH]c3ccccc23)cn1. The number of hydrogen-bond donors (Lipinski definition) is 2. The summed E-state index contributed by atoms with van der Waals surface area (Å²) in [4.78, 5) is 12.2. The van der Waals surface area contributed by atoms with E-state index in [1.807, 2.05) is 38.1 Å². The summed E-state index contributed by atoms with van der Waals surface area (Å²) >= 11 is 0. The van der Waals surface area contributed by atoms with Gasteiger partial charge in [-0.25, -0.2) is 0 Å². The number of hydrogen-bond acceptors (Lipinski definition) is 3. The molecule has 20 heavy (non-hydrogen) atoms. The van der Waals surface area contributed by atoms with Gasteiger partial charge in [-0.15, -0.1) is 0 Å². The van der Waals surface area contributed by atoms with Crippen molar-refractivity contribution in [1.29, 1.82) is 0 Å². The lowest BCUT2D eigenvalue weighted by atomic mass is 10.2. The number of carbonyl (C=O) groups excluding carboxylic acids is 1. The van der Waals surface area contributed by atoms with E-state index in [-0.39, 0.29) is 11.9 Å². The fourth-order valence-corrected chi connectivity index (χ4v) is 2.01. The molecule has 3 aromatic rings. The van der Waals surface area contributed by atoms with Crippen molar-refractivity contribution in [2.75, 3.05) is 5.32 Å². The first-order valence-electron chi connectivity index (χ1n) is 6.44. The maximum atomic E-state index is 12.2. The van der Waals surface area contributed by atoms with Crippen molar-refractivity contribution in [1.82, 2.24) is 20.0 Å². The van der Waals surface area contributed by atoms with E-state index in [4.69, 9.17) is 0 Å². The maximum absolute atomic E-state index is 12.2. The van der Waals surface area contributed by atoms with Gasteiger partial charge in [-0.2, -0.15) is 10.2 Å². The Morgan fingerprint density at radius 1 is 1.35 bits per heavy atom. The Balaban J connectivity index is 1.85. The number of carbonyl (C=O) groups is 1. The Morgan fingerprint density at radius 3 is 2.90 bits per heavy atom. The van der Waals surface area contributed by atoms with E-state index in [0.29, 0.717) is 11.4 Å². The lowest BCUT2D eigenvalue weighted by Crippen LogP contribution is -2.12. The van der Waals surface area contributed by atoms with Crippen molar-refractivity contribution in [3.8, 4) is 0 Å². The molecule has 1 aromatic carbocycles. The monoisotopic (exact) mass is 269 g/mol. The smallest absolute Gasteiger partial charge is 0.276 e. The number of benzene rings is 1. The van der Waals surface area contributed by atoms with Crippen LogP contribution in [0, 0.1) is 0 Å². The van der Waals surface area contributed by atoms with Crippen molar-refractivity contribution < 1.29 is 4.79 Å². The van der Waals surface area contributed by atoms with Crippen molar-refractivity contribution in [3.63, 3.8) is 0 Å². The molecule has 2 heterocycles. The number of aromatic amines is 1. The van der Waals surface area contributed by atoms with Crippen LogP contribution in [0.4, 0.5) is 5.69 Å². The molecule has 6 heteroatoms. The van der Waals surface area contributed by atoms with E-state index in [1.165, 1.54) is 0 Å². The third kappa shape index (κ3) is 2.16. The molecule has 0 aliphatic rings. The molecular weight excluding hydrogens is 254 g/mol. The third-order valence-electron chi connectivity index (χ3n) is 3.07. The highest BCUT2D eigenvalue weighted by atomic mass is 16.1. The second-order valence-corrected chi connectivity index (χ2v) is 4.87. The van der Waals surface area contributed by atoms with Gasteiger partial charge in [0.1, 0.15) is 0 Å². The summed E-state index contributed by atoms with van der Waals surface area (Å²) in [6.07, 6.45) is 3.43. The molecular formula is C14H15N5O.